The van der Waals surface area contributed by atoms with Crippen molar-refractivity contribution in [3.05, 3.63) is 70.9 Å². The Balaban J connectivity index is 1.43. The molecule has 1 aromatic heterocycles. The average molecular weight is 495 g/mol. The summed E-state index contributed by atoms with van der Waals surface area (Å²) in [5.41, 5.74) is 4.35. The van der Waals surface area contributed by atoms with Crippen molar-refractivity contribution in [1.82, 2.24) is 14.1 Å². The summed E-state index contributed by atoms with van der Waals surface area (Å²) in [6.07, 6.45) is 0.848. The minimum atomic E-state index is -3.68. The van der Waals surface area contributed by atoms with Crippen molar-refractivity contribution in [3.8, 4) is 5.69 Å². The van der Waals surface area contributed by atoms with Gasteiger partial charge in [0.15, 0.2) is 5.78 Å². The van der Waals surface area contributed by atoms with Gasteiger partial charge < -0.3 is 5.32 Å². The third kappa shape index (κ3) is 5.36. The van der Waals surface area contributed by atoms with Crippen molar-refractivity contribution in [2.45, 2.75) is 45.4 Å². The number of amides is 1. The number of Topliss-reactive ketones (excluding diaryl/α,β-unsaturated/α-hetero) is 1. The molecule has 4 rings (SSSR count). The van der Waals surface area contributed by atoms with E-state index in [0.717, 1.165) is 22.5 Å². The largest absolute Gasteiger partial charge is 0.310 e. The fourth-order valence-electron chi connectivity index (χ4n) is 4.46. The molecule has 0 spiro atoms. The summed E-state index contributed by atoms with van der Waals surface area (Å²) >= 11 is 0. The van der Waals surface area contributed by atoms with E-state index < -0.39 is 10.0 Å². The van der Waals surface area contributed by atoms with Gasteiger partial charge in [0.05, 0.1) is 16.3 Å². The normalized spacial score (nSPS) is 15.2. The number of anilines is 1. The highest BCUT2D eigenvalue weighted by molar-refractivity contribution is 7.89. The molecule has 8 nitrogen and oxygen atoms in total. The van der Waals surface area contributed by atoms with Crippen LogP contribution in [0.5, 0.6) is 0 Å². The number of aryl methyl sites for hydroxylation is 3. The standard InChI is InChI=1S/C26H30N4O4S/c1-17-13-18(2)15-23(14-17)30-25(16-19(3)28-30)27-26(32)22-9-11-29(12-10-22)35(33,34)24-7-5-21(6-8-24)20(4)31/h5-8,13-16,22H,9-12H2,1-4H3,(H,27,32). The molecule has 0 radical (unpaired) electrons. The van der Waals surface area contributed by atoms with E-state index in [1.807, 2.05) is 39.0 Å². The Morgan fingerprint density at radius 2 is 1.54 bits per heavy atom. The monoisotopic (exact) mass is 494 g/mol. The topological polar surface area (TPSA) is 101 Å². The van der Waals surface area contributed by atoms with Crippen molar-refractivity contribution < 1.29 is 18.0 Å². The zero-order valence-corrected chi connectivity index (χ0v) is 21.2. The van der Waals surface area contributed by atoms with E-state index >= 15 is 0 Å². The molecule has 3 aromatic rings. The van der Waals surface area contributed by atoms with Crippen LogP contribution in [0.1, 0.15) is 46.9 Å². The molecule has 2 aromatic carbocycles. The Morgan fingerprint density at radius 1 is 0.943 bits per heavy atom. The first-order valence-electron chi connectivity index (χ1n) is 11.6. The maximum absolute atomic E-state index is 13.1. The van der Waals surface area contributed by atoms with Gasteiger partial charge in [-0.3, -0.25) is 9.59 Å². The molecule has 9 heteroatoms. The molecule has 1 N–H and O–H groups in total. The second-order valence-electron chi connectivity index (χ2n) is 9.18. The summed E-state index contributed by atoms with van der Waals surface area (Å²) < 4.78 is 29.2. The molecule has 0 aliphatic carbocycles. The van der Waals surface area contributed by atoms with Crippen LogP contribution in [0.4, 0.5) is 5.82 Å². The molecule has 1 amide bonds. The third-order valence-corrected chi connectivity index (χ3v) is 8.17. The van der Waals surface area contributed by atoms with Crippen LogP contribution in [0.15, 0.2) is 53.4 Å². The first-order valence-corrected chi connectivity index (χ1v) is 13.1. The van der Waals surface area contributed by atoms with Crippen LogP contribution >= 0.6 is 0 Å². The van der Waals surface area contributed by atoms with Crippen LogP contribution in [0.25, 0.3) is 5.69 Å². The fourth-order valence-corrected chi connectivity index (χ4v) is 5.93. The van der Waals surface area contributed by atoms with Gasteiger partial charge in [-0.05, 0) is 75.9 Å². The van der Waals surface area contributed by atoms with Gasteiger partial charge in [-0.2, -0.15) is 9.40 Å². The Kier molecular flexibility index (Phi) is 6.91. The van der Waals surface area contributed by atoms with E-state index in [1.54, 1.807) is 4.68 Å². The van der Waals surface area contributed by atoms with Crippen LogP contribution < -0.4 is 5.32 Å². The van der Waals surface area contributed by atoms with Crippen molar-refractivity contribution in [2.24, 2.45) is 5.92 Å². The molecule has 1 aliphatic heterocycles. The molecule has 0 bridgehead atoms. The van der Waals surface area contributed by atoms with Gasteiger partial charge in [-0.1, -0.05) is 18.2 Å². The molecule has 1 saturated heterocycles. The predicted octanol–water partition coefficient (Wildman–Crippen LogP) is 4.04. The lowest BCUT2D eigenvalue weighted by Gasteiger charge is -2.30. The number of carbonyl (C=O) groups is 2. The van der Waals surface area contributed by atoms with E-state index in [1.165, 1.54) is 35.5 Å². The minimum Gasteiger partial charge on any atom is -0.310 e. The number of carbonyl (C=O) groups excluding carboxylic acids is 2. The number of hydrogen-bond acceptors (Lipinski definition) is 5. The Morgan fingerprint density at radius 3 is 2.11 bits per heavy atom. The van der Waals surface area contributed by atoms with Crippen LogP contribution in [0.3, 0.4) is 0 Å². The summed E-state index contributed by atoms with van der Waals surface area (Å²) in [6.45, 7) is 7.86. The van der Waals surface area contributed by atoms with Crippen molar-refractivity contribution in [3.63, 3.8) is 0 Å². The summed E-state index contributed by atoms with van der Waals surface area (Å²) in [5.74, 6) is 0.0378. The zero-order valence-electron chi connectivity index (χ0n) is 20.4. The van der Waals surface area contributed by atoms with Crippen LogP contribution in [0.2, 0.25) is 0 Å². The van der Waals surface area contributed by atoms with E-state index in [2.05, 4.69) is 16.5 Å². The SMILES string of the molecule is CC(=O)c1ccc(S(=O)(=O)N2CCC(C(=O)Nc3cc(C)nn3-c3cc(C)cc(C)c3)CC2)cc1. The average Bonchev–Trinajstić information content (AvgIpc) is 3.18. The predicted molar refractivity (Wildman–Crippen MR) is 134 cm³/mol. The van der Waals surface area contributed by atoms with Gasteiger partial charge >= 0.3 is 0 Å². The van der Waals surface area contributed by atoms with E-state index in [-0.39, 0.29) is 35.6 Å². The molecule has 0 saturated carbocycles. The number of benzene rings is 2. The maximum atomic E-state index is 13.1. The van der Waals surface area contributed by atoms with Gasteiger partial charge in [-0.25, -0.2) is 13.1 Å². The van der Waals surface area contributed by atoms with Crippen LogP contribution in [-0.4, -0.2) is 47.3 Å². The first-order chi connectivity index (χ1) is 16.5. The smallest absolute Gasteiger partial charge is 0.243 e. The lowest BCUT2D eigenvalue weighted by Crippen LogP contribution is -2.41. The number of hydrogen-bond donors (Lipinski definition) is 1. The fraction of sp³-hybridized carbons (Fsp3) is 0.346. The number of rotatable bonds is 6. The summed E-state index contributed by atoms with van der Waals surface area (Å²) in [6, 6.07) is 13.9. The molecule has 1 fully saturated rings. The number of nitrogens with zero attached hydrogens (tertiary/aromatic N) is 3. The van der Waals surface area contributed by atoms with Gasteiger partial charge in [-0.15, -0.1) is 0 Å². The van der Waals surface area contributed by atoms with E-state index in [9.17, 15) is 18.0 Å². The highest BCUT2D eigenvalue weighted by atomic mass is 32.2. The van der Waals surface area contributed by atoms with Gasteiger partial charge in [0.2, 0.25) is 15.9 Å². The maximum Gasteiger partial charge on any atom is 0.243 e. The number of aromatic nitrogens is 2. The molecule has 184 valence electrons. The van der Waals surface area contributed by atoms with Crippen molar-refractivity contribution >= 4 is 27.5 Å². The lowest BCUT2D eigenvalue weighted by atomic mass is 9.97. The molecule has 1 aliphatic rings. The molecule has 0 unspecified atom stereocenters. The number of sulfonamides is 1. The Labute approximate surface area is 206 Å². The molecular formula is C26H30N4O4S. The quantitative estimate of drug-likeness (QED) is 0.521. The number of ketones is 1. The summed E-state index contributed by atoms with van der Waals surface area (Å²) in [7, 11) is -3.68. The summed E-state index contributed by atoms with van der Waals surface area (Å²) in [5, 5.41) is 7.55. The molecule has 0 atom stereocenters. The van der Waals surface area contributed by atoms with E-state index in [0.29, 0.717) is 24.2 Å². The van der Waals surface area contributed by atoms with Gasteiger partial charge in [0, 0.05) is 30.6 Å². The van der Waals surface area contributed by atoms with E-state index in [4.69, 9.17) is 0 Å². The molecule has 2 heterocycles. The highest BCUT2D eigenvalue weighted by Gasteiger charge is 2.32. The van der Waals surface area contributed by atoms with Gasteiger partial charge in [0.25, 0.3) is 0 Å². The first kappa shape index (κ1) is 24.8. The number of nitrogens with one attached hydrogen (secondary N) is 1. The highest BCUT2D eigenvalue weighted by Crippen LogP contribution is 2.26. The lowest BCUT2D eigenvalue weighted by molar-refractivity contribution is -0.120. The second-order valence-corrected chi connectivity index (χ2v) is 11.1. The van der Waals surface area contributed by atoms with Crippen molar-refractivity contribution in [2.75, 3.05) is 18.4 Å². The zero-order chi connectivity index (χ0) is 25.3. The third-order valence-electron chi connectivity index (χ3n) is 6.26. The van der Waals surface area contributed by atoms with Gasteiger partial charge in [0.1, 0.15) is 5.82 Å². The second kappa shape index (κ2) is 9.75. The molecule has 35 heavy (non-hydrogen) atoms. The molecular weight excluding hydrogens is 464 g/mol. The van der Waals surface area contributed by atoms with Crippen molar-refractivity contribution in [1.29, 1.82) is 0 Å². The Hall–Kier alpha value is -3.30. The van der Waals surface area contributed by atoms with Crippen LogP contribution in [-0.2, 0) is 14.8 Å². The Bertz CT molecular complexity index is 1350. The number of piperidine rings is 1. The minimum absolute atomic E-state index is 0.116. The summed E-state index contributed by atoms with van der Waals surface area (Å²) in [4.78, 5) is 24.7. The van der Waals surface area contributed by atoms with Crippen LogP contribution in [0, 0.1) is 26.7 Å².